The van der Waals surface area contributed by atoms with Gasteiger partial charge in [0.2, 0.25) is 5.91 Å². The molecule has 0 saturated heterocycles. The first-order valence-electron chi connectivity index (χ1n) is 7.22. The average Bonchev–Trinajstić information content (AvgIpc) is 2.90. The first kappa shape index (κ1) is 15.2. The van der Waals surface area contributed by atoms with Crippen molar-refractivity contribution >= 4 is 11.6 Å². The summed E-state index contributed by atoms with van der Waals surface area (Å²) in [6, 6.07) is 11.0. The van der Waals surface area contributed by atoms with Gasteiger partial charge in [-0.15, -0.1) is 0 Å². The first-order chi connectivity index (χ1) is 11.1. The molecule has 1 aromatic carbocycles. The lowest BCUT2D eigenvalue weighted by molar-refractivity contribution is -0.123. The lowest BCUT2D eigenvalue weighted by Gasteiger charge is -2.25. The van der Waals surface area contributed by atoms with Crippen LogP contribution in [0.5, 0.6) is 0 Å². The molecule has 6 heteroatoms. The van der Waals surface area contributed by atoms with E-state index in [0.717, 1.165) is 11.3 Å². The number of nitrogens with zero attached hydrogens (tertiary/aromatic N) is 3. The van der Waals surface area contributed by atoms with Crippen molar-refractivity contribution in [3.63, 3.8) is 0 Å². The van der Waals surface area contributed by atoms with Crippen LogP contribution in [0, 0.1) is 5.82 Å². The number of nitrogens with two attached hydrogens (primary N) is 1. The molecule has 0 spiro atoms. The van der Waals surface area contributed by atoms with Gasteiger partial charge in [-0.3, -0.25) is 9.69 Å². The third-order valence-corrected chi connectivity index (χ3v) is 3.78. The molecule has 23 heavy (non-hydrogen) atoms. The van der Waals surface area contributed by atoms with E-state index >= 15 is 0 Å². The quantitative estimate of drug-likeness (QED) is 0.785. The summed E-state index contributed by atoms with van der Waals surface area (Å²) in [6.45, 7) is 0.454. The Morgan fingerprint density at radius 3 is 2.91 bits per heavy atom. The van der Waals surface area contributed by atoms with Gasteiger partial charge in [0.1, 0.15) is 17.5 Å². The van der Waals surface area contributed by atoms with E-state index in [-0.39, 0.29) is 0 Å². The fourth-order valence-electron chi connectivity index (χ4n) is 2.76. The number of carbonyl (C=O) groups is 1. The molecule has 3 aromatic rings. The van der Waals surface area contributed by atoms with Gasteiger partial charge in [-0.2, -0.15) is 0 Å². The van der Waals surface area contributed by atoms with Crippen LogP contribution in [-0.2, 0) is 11.3 Å². The largest absolute Gasteiger partial charge is 0.368 e. The maximum Gasteiger partial charge on any atom is 0.239 e. The minimum atomic E-state index is -0.708. The van der Waals surface area contributed by atoms with Crippen LogP contribution in [0.25, 0.3) is 5.65 Å². The number of hydrogen-bond donors (Lipinski definition) is 1. The number of likely N-dealkylation sites (N-methyl/N-ethyl adjacent to an activating group) is 1. The van der Waals surface area contributed by atoms with Gasteiger partial charge in [-0.05, 0) is 36.9 Å². The first-order valence-corrected chi connectivity index (χ1v) is 7.22. The number of aromatic nitrogens is 2. The van der Waals surface area contributed by atoms with Crippen LogP contribution in [0.3, 0.4) is 0 Å². The predicted molar refractivity (Wildman–Crippen MR) is 85.0 cm³/mol. The SMILES string of the molecule is CN(Cc1cnc2ccccn12)[C@H](C(N)=O)c1cccc(F)c1. The molecule has 0 aliphatic rings. The second kappa shape index (κ2) is 6.18. The molecule has 1 amide bonds. The van der Waals surface area contributed by atoms with E-state index in [1.54, 1.807) is 30.3 Å². The van der Waals surface area contributed by atoms with Gasteiger partial charge in [-0.25, -0.2) is 9.37 Å². The monoisotopic (exact) mass is 312 g/mol. The van der Waals surface area contributed by atoms with Crippen molar-refractivity contribution in [2.75, 3.05) is 7.05 Å². The molecule has 3 rings (SSSR count). The van der Waals surface area contributed by atoms with Crippen molar-refractivity contribution in [3.05, 3.63) is 71.9 Å². The highest BCUT2D eigenvalue weighted by atomic mass is 19.1. The Labute approximate surface area is 133 Å². The van der Waals surface area contributed by atoms with Crippen molar-refractivity contribution in [2.24, 2.45) is 5.73 Å². The topological polar surface area (TPSA) is 63.6 Å². The molecule has 0 radical (unpaired) electrons. The fraction of sp³-hybridized carbons (Fsp3) is 0.176. The molecular formula is C17H17FN4O. The Bertz CT molecular complexity index is 845. The van der Waals surface area contributed by atoms with E-state index < -0.39 is 17.8 Å². The third-order valence-electron chi connectivity index (χ3n) is 3.78. The minimum Gasteiger partial charge on any atom is -0.368 e. The van der Waals surface area contributed by atoms with Crippen LogP contribution in [0.15, 0.2) is 54.9 Å². The predicted octanol–water partition coefficient (Wildman–Crippen LogP) is 2.13. The molecule has 1 atom stereocenters. The van der Waals surface area contributed by atoms with Crippen LogP contribution < -0.4 is 5.73 Å². The Balaban J connectivity index is 1.90. The van der Waals surface area contributed by atoms with E-state index in [1.165, 1.54) is 12.1 Å². The zero-order valence-electron chi connectivity index (χ0n) is 12.7. The molecule has 0 saturated carbocycles. The summed E-state index contributed by atoms with van der Waals surface area (Å²) < 4.78 is 15.4. The molecule has 0 unspecified atom stereocenters. The van der Waals surface area contributed by atoms with Crippen LogP contribution in [-0.4, -0.2) is 27.2 Å². The molecule has 0 aliphatic heterocycles. The third kappa shape index (κ3) is 3.07. The number of pyridine rings is 1. The number of halogens is 1. The van der Waals surface area contributed by atoms with Crippen molar-refractivity contribution in [1.82, 2.24) is 14.3 Å². The van der Waals surface area contributed by atoms with E-state index in [0.29, 0.717) is 12.1 Å². The number of benzene rings is 1. The van der Waals surface area contributed by atoms with Crippen molar-refractivity contribution in [2.45, 2.75) is 12.6 Å². The van der Waals surface area contributed by atoms with E-state index in [1.807, 2.05) is 28.8 Å². The van der Waals surface area contributed by atoms with Gasteiger partial charge in [0.15, 0.2) is 0 Å². The van der Waals surface area contributed by atoms with Gasteiger partial charge in [0.05, 0.1) is 11.9 Å². The Morgan fingerprint density at radius 1 is 1.35 bits per heavy atom. The normalized spacial score (nSPS) is 12.7. The zero-order valence-corrected chi connectivity index (χ0v) is 12.7. The highest BCUT2D eigenvalue weighted by molar-refractivity contribution is 5.81. The zero-order chi connectivity index (χ0) is 16.4. The van der Waals surface area contributed by atoms with Crippen LogP contribution in [0.2, 0.25) is 0 Å². The molecule has 118 valence electrons. The Morgan fingerprint density at radius 2 is 2.17 bits per heavy atom. The summed E-state index contributed by atoms with van der Waals surface area (Å²) in [7, 11) is 1.78. The Hall–Kier alpha value is -2.73. The van der Waals surface area contributed by atoms with Gasteiger partial charge >= 0.3 is 0 Å². The average molecular weight is 312 g/mol. The standard InChI is InChI=1S/C17H17FN4O/c1-21(11-14-10-20-15-7-2-3-8-22(14)15)16(17(19)23)12-5-4-6-13(18)9-12/h2-10,16H,11H2,1H3,(H2,19,23)/t16-/m0/s1. The lowest BCUT2D eigenvalue weighted by atomic mass is 10.0. The van der Waals surface area contributed by atoms with Gasteiger partial charge in [0.25, 0.3) is 0 Å². The van der Waals surface area contributed by atoms with Gasteiger partial charge < -0.3 is 10.1 Å². The maximum atomic E-state index is 13.5. The number of rotatable bonds is 5. The molecule has 0 bridgehead atoms. The molecule has 2 N–H and O–H groups in total. The van der Waals surface area contributed by atoms with Gasteiger partial charge in [-0.1, -0.05) is 18.2 Å². The summed E-state index contributed by atoms with van der Waals surface area (Å²) in [5.74, 6) is -0.913. The van der Waals surface area contributed by atoms with Crippen LogP contribution in [0.4, 0.5) is 4.39 Å². The van der Waals surface area contributed by atoms with E-state index in [2.05, 4.69) is 4.98 Å². The van der Waals surface area contributed by atoms with Crippen LogP contribution >= 0.6 is 0 Å². The van der Waals surface area contributed by atoms with Gasteiger partial charge in [0, 0.05) is 12.7 Å². The molecule has 5 nitrogen and oxygen atoms in total. The fourth-order valence-corrected chi connectivity index (χ4v) is 2.76. The number of hydrogen-bond acceptors (Lipinski definition) is 3. The maximum absolute atomic E-state index is 13.5. The number of imidazole rings is 1. The van der Waals surface area contributed by atoms with Crippen molar-refractivity contribution in [3.8, 4) is 0 Å². The second-order valence-electron chi connectivity index (χ2n) is 5.45. The van der Waals surface area contributed by atoms with Crippen molar-refractivity contribution in [1.29, 1.82) is 0 Å². The smallest absolute Gasteiger partial charge is 0.239 e. The van der Waals surface area contributed by atoms with E-state index in [9.17, 15) is 9.18 Å². The summed E-state index contributed by atoms with van der Waals surface area (Å²) in [6.07, 6.45) is 3.67. The van der Waals surface area contributed by atoms with Crippen molar-refractivity contribution < 1.29 is 9.18 Å². The summed E-state index contributed by atoms with van der Waals surface area (Å²) in [5, 5.41) is 0. The summed E-state index contributed by atoms with van der Waals surface area (Å²) in [5.41, 5.74) is 7.82. The molecule has 2 aromatic heterocycles. The number of fused-ring (bicyclic) bond motifs is 1. The van der Waals surface area contributed by atoms with Crippen LogP contribution in [0.1, 0.15) is 17.3 Å². The number of carbonyl (C=O) groups excluding carboxylic acids is 1. The molecular weight excluding hydrogens is 295 g/mol. The molecule has 0 fully saturated rings. The highest BCUT2D eigenvalue weighted by Crippen LogP contribution is 2.22. The second-order valence-corrected chi connectivity index (χ2v) is 5.45. The highest BCUT2D eigenvalue weighted by Gasteiger charge is 2.24. The minimum absolute atomic E-state index is 0.392. The molecule has 2 heterocycles. The lowest BCUT2D eigenvalue weighted by Crippen LogP contribution is -2.35. The number of amides is 1. The summed E-state index contributed by atoms with van der Waals surface area (Å²) in [4.78, 5) is 18.0. The van der Waals surface area contributed by atoms with E-state index in [4.69, 9.17) is 5.73 Å². The number of primary amides is 1. The summed E-state index contributed by atoms with van der Waals surface area (Å²) >= 11 is 0. The Kier molecular flexibility index (Phi) is 4.08. The molecule has 0 aliphatic carbocycles.